The van der Waals surface area contributed by atoms with E-state index in [1.165, 1.54) is 5.56 Å². The second-order valence-electron chi connectivity index (χ2n) is 6.45. The summed E-state index contributed by atoms with van der Waals surface area (Å²) in [5.74, 6) is 6.74. The van der Waals surface area contributed by atoms with Gasteiger partial charge in [-0.05, 0) is 23.0 Å². The van der Waals surface area contributed by atoms with E-state index in [1.807, 2.05) is 12.4 Å². The third kappa shape index (κ3) is 3.52. The van der Waals surface area contributed by atoms with Gasteiger partial charge in [-0.15, -0.1) is 0 Å². The SMILES string of the molecule is CCCn1ccnc1C(NN)c1ccc(C(C)(C)C)cc1. The molecule has 1 aromatic carbocycles. The van der Waals surface area contributed by atoms with E-state index in [0.717, 1.165) is 24.4 Å². The zero-order valence-electron chi connectivity index (χ0n) is 13.4. The molecule has 0 aliphatic heterocycles. The van der Waals surface area contributed by atoms with E-state index in [0.29, 0.717) is 0 Å². The Hall–Kier alpha value is -1.65. The van der Waals surface area contributed by atoms with Gasteiger partial charge in [-0.3, -0.25) is 5.84 Å². The monoisotopic (exact) mass is 286 g/mol. The molecule has 0 aliphatic carbocycles. The Labute approximate surface area is 127 Å². The van der Waals surface area contributed by atoms with Crippen LogP contribution in [0.15, 0.2) is 36.7 Å². The van der Waals surface area contributed by atoms with Gasteiger partial charge >= 0.3 is 0 Å². The Morgan fingerprint density at radius 3 is 2.43 bits per heavy atom. The van der Waals surface area contributed by atoms with E-state index in [1.54, 1.807) is 0 Å². The molecule has 4 heteroatoms. The van der Waals surface area contributed by atoms with Crippen molar-refractivity contribution in [3.05, 3.63) is 53.6 Å². The van der Waals surface area contributed by atoms with E-state index in [2.05, 4.69) is 66.9 Å². The maximum absolute atomic E-state index is 5.78. The fourth-order valence-electron chi connectivity index (χ4n) is 2.51. The van der Waals surface area contributed by atoms with E-state index in [4.69, 9.17) is 5.84 Å². The number of nitrogens with one attached hydrogen (secondary N) is 1. The molecule has 0 saturated heterocycles. The number of aromatic nitrogens is 2. The molecule has 1 unspecified atom stereocenters. The number of rotatable bonds is 5. The van der Waals surface area contributed by atoms with Gasteiger partial charge in [-0.1, -0.05) is 52.0 Å². The van der Waals surface area contributed by atoms with Crippen molar-refractivity contribution >= 4 is 0 Å². The zero-order valence-corrected chi connectivity index (χ0v) is 13.4. The summed E-state index contributed by atoms with van der Waals surface area (Å²) in [6, 6.07) is 8.53. The van der Waals surface area contributed by atoms with Gasteiger partial charge in [0.2, 0.25) is 0 Å². The minimum Gasteiger partial charge on any atom is -0.333 e. The van der Waals surface area contributed by atoms with Crippen LogP contribution < -0.4 is 11.3 Å². The van der Waals surface area contributed by atoms with Gasteiger partial charge in [-0.25, -0.2) is 10.4 Å². The first kappa shape index (κ1) is 15.7. The maximum Gasteiger partial charge on any atom is 0.131 e. The average molecular weight is 286 g/mol. The Morgan fingerprint density at radius 2 is 1.90 bits per heavy atom. The smallest absolute Gasteiger partial charge is 0.131 e. The molecule has 114 valence electrons. The lowest BCUT2D eigenvalue weighted by atomic mass is 9.86. The van der Waals surface area contributed by atoms with Crippen LogP contribution in [0.2, 0.25) is 0 Å². The topological polar surface area (TPSA) is 55.9 Å². The average Bonchev–Trinajstić information content (AvgIpc) is 2.88. The summed E-state index contributed by atoms with van der Waals surface area (Å²) in [6.07, 6.45) is 4.91. The lowest BCUT2D eigenvalue weighted by Crippen LogP contribution is -2.31. The number of nitrogens with two attached hydrogens (primary N) is 1. The zero-order chi connectivity index (χ0) is 15.5. The van der Waals surface area contributed by atoms with Crippen LogP contribution in [-0.4, -0.2) is 9.55 Å². The van der Waals surface area contributed by atoms with Crippen molar-refractivity contribution in [1.82, 2.24) is 15.0 Å². The molecule has 1 atom stereocenters. The van der Waals surface area contributed by atoms with Crippen molar-refractivity contribution in [2.75, 3.05) is 0 Å². The van der Waals surface area contributed by atoms with Crippen LogP contribution in [-0.2, 0) is 12.0 Å². The Kier molecular flexibility index (Phi) is 4.80. The van der Waals surface area contributed by atoms with Crippen LogP contribution in [0.1, 0.15) is 57.1 Å². The summed E-state index contributed by atoms with van der Waals surface area (Å²) < 4.78 is 2.15. The first-order valence-corrected chi connectivity index (χ1v) is 7.55. The number of aryl methyl sites for hydroxylation is 1. The minimum absolute atomic E-state index is 0.0828. The van der Waals surface area contributed by atoms with E-state index in [9.17, 15) is 0 Å². The van der Waals surface area contributed by atoms with Crippen LogP contribution in [0.3, 0.4) is 0 Å². The van der Waals surface area contributed by atoms with Crippen molar-refractivity contribution < 1.29 is 0 Å². The second-order valence-corrected chi connectivity index (χ2v) is 6.45. The predicted molar refractivity (Wildman–Crippen MR) is 86.8 cm³/mol. The molecule has 0 radical (unpaired) electrons. The molecule has 1 aromatic heterocycles. The summed E-state index contributed by atoms with van der Waals surface area (Å²) in [7, 11) is 0. The Morgan fingerprint density at radius 1 is 1.24 bits per heavy atom. The molecule has 0 amide bonds. The molecule has 0 fully saturated rings. The molecule has 0 spiro atoms. The van der Waals surface area contributed by atoms with E-state index >= 15 is 0 Å². The fourth-order valence-corrected chi connectivity index (χ4v) is 2.51. The van der Waals surface area contributed by atoms with Crippen molar-refractivity contribution in [2.24, 2.45) is 5.84 Å². The quantitative estimate of drug-likeness (QED) is 0.656. The van der Waals surface area contributed by atoms with Crippen molar-refractivity contribution in [1.29, 1.82) is 0 Å². The molecule has 4 nitrogen and oxygen atoms in total. The molecule has 1 heterocycles. The third-order valence-electron chi connectivity index (χ3n) is 3.75. The molecular weight excluding hydrogens is 260 g/mol. The summed E-state index contributed by atoms with van der Waals surface area (Å²) in [5.41, 5.74) is 5.50. The molecule has 2 rings (SSSR count). The number of hydrogen-bond donors (Lipinski definition) is 2. The highest BCUT2D eigenvalue weighted by molar-refractivity contribution is 5.32. The van der Waals surface area contributed by atoms with Crippen LogP contribution in [0.4, 0.5) is 0 Å². The Balaban J connectivity index is 2.31. The van der Waals surface area contributed by atoms with Crippen LogP contribution in [0, 0.1) is 0 Å². The van der Waals surface area contributed by atoms with E-state index in [-0.39, 0.29) is 11.5 Å². The molecular formula is C17H26N4. The normalized spacial score (nSPS) is 13.4. The van der Waals surface area contributed by atoms with E-state index < -0.39 is 0 Å². The maximum atomic E-state index is 5.78. The Bertz CT molecular complexity index is 563. The molecule has 3 N–H and O–H groups in total. The number of imidazole rings is 1. The highest BCUT2D eigenvalue weighted by Crippen LogP contribution is 2.26. The van der Waals surface area contributed by atoms with Gasteiger partial charge in [0, 0.05) is 18.9 Å². The van der Waals surface area contributed by atoms with Gasteiger partial charge < -0.3 is 4.57 Å². The first-order valence-electron chi connectivity index (χ1n) is 7.55. The molecule has 21 heavy (non-hydrogen) atoms. The number of benzene rings is 1. The largest absolute Gasteiger partial charge is 0.333 e. The second kappa shape index (κ2) is 6.41. The van der Waals surface area contributed by atoms with Gasteiger partial charge in [-0.2, -0.15) is 0 Å². The third-order valence-corrected chi connectivity index (χ3v) is 3.75. The first-order chi connectivity index (χ1) is 9.97. The lowest BCUT2D eigenvalue weighted by Gasteiger charge is -2.21. The number of hydrogen-bond acceptors (Lipinski definition) is 3. The fraction of sp³-hybridized carbons (Fsp3) is 0.471. The summed E-state index contributed by atoms with van der Waals surface area (Å²) in [5, 5.41) is 0. The van der Waals surface area contributed by atoms with Crippen molar-refractivity contribution in [2.45, 2.75) is 52.1 Å². The standard InChI is InChI=1S/C17H26N4/c1-5-11-21-12-10-19-16(21)15(20-18)13-6-8-14(9-7-13)17(2,3)4/h6-10,12,15,20H,5,11,18H2,1-4H3. The minimum atomic E-state index is -0.0828. The predicted octanol–water partition coefficient (Wildman–Crippen LogP) is 3.14. The molecule has 0 bridgehead atoms. The van der Waals surface area contributed by atoms with Crippen LogP contribution in [0.5, 0.6) is 0 Å². The van der Waals surface area contributed by atoms with Gasteiger partial charge in [0.15, 0.2) is 0 Å². The van der Waals surface area contributed by atoms with Crippen molar-refractivity contribution in [3.63, 3.8) is 0 Å². The van der Waals surface area contributed by atoms with Gasteiger partial charge in [0.05, 0.1) is 0 Å². The summed E-state index contributed by atoms with van der Waals surface area (Å²) in [4.78, 5) is 4.47. The van der Waals surface area contributed by atoms with Gasteiger partial charge in [0.1, 0.15) is 11.9 Å². The molecule has 2 aromatic rings. The number of nitrogens with zero attached hydrogens (tertiary/aromatic N) is 2. The van der Waals surface area contributed by atoms with Crippen molar-refractivity contribution in [3.8, 4) is 0 Å². The lowest BCUT2D eigenvalue weighted by molar-refractivity contribution is 0.544. The van der Waals surface area contributed by atoms with Crippen LogP contribution >= 0.6 is 0 Å². The highest BCUT2D eigenvalue weighted by atomic mass is 15.3. The molecule has 0 saturated carbocycles. The summed E-state index contributed by atoms with van der Waals surface area (Å²) >= 11 is 0. The van der Waals surface area contributed by atoms with Crippen LogP contribution in [0.25, 0.3) is 0 Å². The molecule has 0 aliphatic rings. The number of hydrazine groups is 1. The summed E-state index contributed by atoms with van der Waals surface area (Å²) in [6.45, 7) is 9.76. The van der Waals surface area contributed by atoms with Gasteiger partial charge in [0.25, 0.3) is 0 Å². The highest BCUT2D eigenvalue weighted by Gasteiger charge is 2.19.